The zero-order chi connectivity index (χ0) is 24.2. The summed E-state index contributed by atoms with van der Waals surface area (Å²) in [5.74, 6) is 0.730. The van der Waals surface area contributed by atoms with Crippen LogP contribution in [0.2, 0.25) is 0 Å². The second-order valence-electron chi connectivity index (χ2n) is 8.59. The van der Waals surface area contributed by atoms with Crippen LogP contribution in [-0.2, 0) is 21.2 Å². The first-order valence-electron chi connectivity index (χ1n) is 11.0. The molecule has 0 saturated heterocycles. The smallest absolute Gasteiger partial charge is 0.244 e. The third kappa shape index (κ3) is 5.82. The summed E-state index contributed by atoms with van der Waals surface area (Å²) in [6, 6.07) is 10.1. The summed E-state index contributed by atoms with van der Waals surface area (Å²) in [6.07, 6.45) is 1.97. The number of hydrogen-bond donors (Lipinski definition) is 1. The molecule has 2 atom stereocenters. The van der Waals surface area contributed by atoms with E-state index in [2.05, 4.69) is 25.2 Å². The maximum atomic E-state index is 13.1. The number of methoxy groups -OCH3 is 1. The third-order valence-corrected chi connectivity index (χ3v) is 6.99. The summed E-state index contributed by atoms with van der Waals surface area (Å²) in [5, 5.41) is 3.00. The lowest BCUT2D eigenvalue weighted by molar-refractivity contribution is -0.122. The van der Waals surface area contributed by atoms with E-state index in [4.69, 9.17) is 4.74 Å². The maximum absolute atomic E-state index is 13.1. The van der Waals surface area contributed by atoms with Crippen molar-refractivity contribution in [2.75, 3.05) is 17.7 Å². The fraction of sp³-hybridized carbons (Fsp3) is 0.480. The summed E-state index contributed by atoms with van der Waals surface area (Å²) in [7, 11) is -2.01. The average molecular weight is 461 g/mol. The number of rotatable bonds is 9. The Morgan fingerprint density at radius 3 is 2.12 bits per heavy atom. The minimum Gasteiger partial charge on any atom is -0.496 e. The van der Waals surface area contributed by atoms with Gasteiger partial charge in [-0.2, -0.15) is 0 Å². The highest BCUT2D eigenvalue weighted by molar-refractivity contribution is 7.92. The van der Waals surface area contributed by atoms with Crippen molar-refractivity contribution in [1.82, 2.24) is 5.32 Å². The molecule has 1 N–H and O–H groups in total. The van der Waals surface area contributed by atoms with Crippen LogP contribution in [0.5, 0.6) is 5.75 Å². The molecule has 0 aromatic heterocycles. The molecule has 0 spiro atoms. The van der Waals surface area contributed by atoms with Crippen molar-refractivity contribution >= 4 is 21.6 Å². The topological polar surface area (TPSA) is 75.7 Å². The van der Waals surface area contributed by atoms with E-state index in [0.29, 0.717) is 5.69 Å². The van der Waals surface area contributed by atoms with Crippen LogP contribution in [0, 0.1) is 6.92 Å². The number of nitrogens with zero attached hydrogens (tertiary/aromatic N) is 1. The number of hydrogen-bond acceptors (Lipinski definition) is 4. The highest BCUT2D eigenvalue weighted by atomic mass is 32.2. The molecule has 2 aromatic carbocycles. The summed E-state index contributed by atoms with van der Waals surface area (Å²) >= 11 is 0. The summed E-state index contributed by atoms with van der Waals surface area (Å²) < 4.78 is 31.8. The number of aryl methyl sites for hydroxylation is 2. The molecule has 0 radical (unpaired) electrons. The molecule has 0 aliphatic heterocycles. The zero-order valence-electron chi connectivity index (χ0n) is 20.4. The Bertz CT molecular complexity index is 1050. The van der Waals surface area contributed by atoms with E-state index >= 15 is 0 Å². The van der Waals surface area contributed by atoms with Gasteiger partial charge in [0, 0.05) is 0 Å². The van der Waals surface area contributed by atoms with E-state index in [9.17, 15) is 13.2 Å². The summed E-state index contributed by atoms with van der Waals surface area (Å²) in [5.41, 5.74) is 4.62. The van der Waals surface area contributed by atoms with Crippen LogP contribution in [0.1, 0.15) is 68.8 Å². The Balaban J connectivity index is 2.32. The third-order valence-electron chi connectivity index (χ3n) is 5.75. The highest BCUT2D eigenvalue weighted by Gasteiger charge is 2.30. The predicted octanol–water partition coefficient (Wildman–Crippen LogP) is 4.72. The average Bonchev–Trinajstić information content (AvgIpc) is 2.72. The van der Waals surface area contributed by atoms with Crippen molar-refractivity contribution in [2.24, 2.45) is 0 Å². The number of ether oxygens (including phenoxy) is 1. The molecular formula is C25H36N2O4S. The van der Waals surface area contributed by atoms with Gasteiger partial charge in [0.05, 0.1) is 25.1 Å². The van der Waals surface area contributed by atoms with Crippen molar-refractivity contribution in [3.05, 3.63) is 58.7 Å². The molecule has 7 heteroatoms. The molecule has 0 heterocycles. The Morgan fingerprint density at radius 1 is 1.06 bits per heavy atom. The summed E-state index contributed by atoms with van der Waals surface area (Å²) in [4.78, 5) is 13.1. The number of sulfonamides is 1. The van der Waals surface area contributed by atoms with Gasteiger partial charge >= 0.3 is 0 Å². The Kier molecular flexibility index (Phi) is 8.35. The monoisotopic (exact) mass is 460 g/mol. The molecule has 0 aliphatic rings. The van der Waals surface area contributed by atoms with Gasteiger partial charge in [0.1, 0.15) is 11.8 Å². The molecule has 2 aromatic rings. The first-order chi connectivity index (χ1) is 14.9. The normalized spacial score (nSPS) is 13.5. The zero-order valence-corrected chi connectivity index (χ0v) is 21.2. The van der Waals surface area contributed by atoms with Gasteiger partial charge in [0.2, 0.25) is 15.9 Å². The second kappa shape index (κ2) is 10.4. The van der Waals surface area contributed by atoms with Gasteiger partial charge in [-0.15, -0.1) is 0 Å². The van der Waals surface area contributed by atoms with Gasteiger partial charge in [-0.25, -0.2) is 8.42 Å². The van der Waals surface area contributed by atoms with E-state index in [1.54, 1.807) is 26.2 Å². The molecule has 0 saturated carbocycles. The van der Waals surface area contributed by atoms with Gasteiger partial charge in [-0.1, -0.05) is 32.9 Å². The van der Waals surface area contributed by atoms with Crippen LogP contribution in [0.4, 0.5) is 5.69 Å². The quantitative estimate of drug-likeness (QED) is 0.587. The van der Waals surface area contributed by atoms with Crippen molar-refractivity contribution in [1.29, 1.82) is 0 Å². The molecule has 0 bridgehead atoms. The van der Waals surface area contributed by atoms with Crippen molar-refractivity contribution in [2.45, 2.75) is 66.0 Å². The number of benzene rings is 2. The van der Waals surface area contributed by atoms with Crippen molar-refractivity contribution in [3.8, 4) is 5.75 Å². The lowest BCUT2D eigenvalue weighted by atomic mass is 9.93. The standard InChI is InChI=1S/C25H36N2O4S/c1-9-20-10-12-21(13-11-20)27(32(8,29)30)19(6)25(28)26-18(5)23-15-22(16(2)3)24(31-7)14-17(23)4/h10-16,18-19H,9H2,1-8H3,(H,26,28)/t18-,19-/m1/s1. The van der Waals surface area contributed by atoms with Crippen LogP contribution in [0.15, 0.2) is 36.4 Å². The molecule has 32 heavy (non-hydrogen) atoms. The van der Waals surface area contributed by atoms with E-state index in [1.807, 2.05) is 39.0 Å². The Hall–Kier alpha value is -2.54. The predicted molar refractivity (Wildman–Crippen MR) is 131 cm³/mol. The fourth-order valence-corrected chi connectivity index (χ4v) is 5.08. The first-order valence-corrected chi connectivity index (χ1v) is 12.8. The van der Waals surface area contributed by atoms with Gasteiger partial charge in [0.15, 0.2) is 0 Å². The van der Waals surface area contributed by atoms with Crippen LogP contribution < -0.4 is 14.4 Å². The van der Waals surface area contributed by atoms with Crippen molar-refractivity contribution in [3.63, 3.8) is 0 Å². The van der Waals surface area contributed by atoms with Crippen LogP contribution >= 0.6 is 0 Å². The van der Waals surface area contributed by atoms with Crippen molar-refractivity contribution < 1.29 is 17.9 Å². The van der Waals surface area contributed by atoms with E-state index in [0.717, 1.165) is 40.7 Å². The largest absolute Gasteiger partial charge is 0.496 e. The van der Waals surface area contributed by atoms with Crippen LogP contribution in [0.3, 0.4) is 0 Å². The molecule has 0 unspecified atom stereocenters. The minimum absolute atomic E-state index is 0.262. The summed E-state index contributed by atoms with van der Waals surface area (Å²) in [6.45, 7) is 11.7. The van der Waals surface area contributed by atoms with Gasteiger partial charge in [-0.3, -0.25) is 9.10 Å². The van der Waals surface area contributed by atoms with Crippen LogP contribution in [0.25, 0.3) is 0 Å². The molecule has 0 aliphatic carbocycles. The number of nitrogens with one attached hydrogen (secondary N) is 1. The number of carbonyl (C=O) groups is 1. The van der Waals surface area contributed by atoms with Crippen LogP contribution in [-0.4, -0.2) is 33.7 Å². The van der Waals surface area contributed by atoms with Gasteiger partial charge < -0.3 is 10.1 Å². The highest BCUT2D eigenvalue weighted by Crippen LogP contribution is 2.32. The number of anilines is 1. The molecule has 176 valence electrons. The second-order valence-corrected chi connectivity index (χ2v) is 10.4. The lowest BCUT2D eigenvalue weighted by Gasteiger charge is -2.30. The Labute approximate surface area is 193 Å². The first kappa shape index (κ1) is 25.7. The minimum atomic E-state index is -3.66. The molecule has 0 fully saturated rings. The fourth-order valence-electron chi connectivity index (χ4n) is 3.91. The SMILES string of the molecule is CCc1ccc(N([C@H](C)C(=O)N[C@H](C)c2cc(C(C)C)c(OC)cc2C)S(C)(=O)=O)cc1. The molecule has 6 nitrogen and oxygen atoms in total. The van der Waals surface area contributed by atoms with E-state index in [1.165, 1.54) is 4.31 Å². The van der Waals surface area contributed by atoms with E-state index in [-0.39, 0.29) is 17.9 Å². The molecule has 1 amide bonds. The maximum Gasteiger partial charge on any atom is 0.244 e. The molecular weight excluding hydrogens is 424 g/mol. The lowest BCUT2D eigenvalue weighted by Crippen LogP contribution is -2.48. The van der Waals surface area contributed by atoms with Gasteiger partial charge in [0.25, 0.3) is 0 Å². The van der Waals surface area contributed by atoms with E-state index < -0.39 is 16.1 Å². The number of carbonyl (C=O) groups excluding carboxylic acids is 1. The Morgan fingerprint density at radius 2 is 1.66 bits per heavy atom. The van der Waals surface area contributed by atoms with Gasteiger partial charge in [-0.05, 0) is 79.6 Å². The number of amides is 1. The molecule has 2 rings (SSSR count).